The molecule has 0 rings (SSSR count). The summed E-state index contributed by atoms with van der Waals surface area (Å²) in [7, 11) is 0. The first-order chi connectivity index (χ1) is 2.00. The SMILES string of the molecule is C[Si](C)(C)[As]. The van der Waals surface area contributed by atoms with E-state index < -0.39 is 6.54 Å². The monoisotopic (exact) mass is 148 g/mol. The molecule has 2 radical (unpaired) electrons. The standard InChI is InChI=1S/C3H9AsSi/c1-5(2,3)4/h1-3H3. The Kier molecular flexibility index (Phi) is 1.71. The zero-order chi connectivity index (χ0) is 4.50. The quantitative estimate of drug-likeness (QED) is 0.449. The van der Waals surface area contributed by atoms with Crippen LogP contribution in [0.1, 0.15) is 0 Å². The summed E-state index contributed by atoms with van der Waals surface area (Å²) in [6.45, 7) is 6.22. The van der Waals surface area contributed by atoms with Gasteiger partial charge in [0.05, 0.1) is 0 Å². The topological polar surface area (TPSA) is 0 Å². The molecule has 0 nitrogen and oxygen atoms in total. The minimum absolute atomic E-state index is 0.674. The fraction of sp³-hybridized carbons (Fsp3) is 1.00. The third-order valence-corrected chi connectivity index (χ3v) is 0. The van der Waals surface area contributed by atoms with E-state index in [1.807, 2.05) is 0 Å². The van der Waals surface area contributed by atoms with Gasteiger partial charge in [-0.2, -0.15) is 0 Å². The van der Waals surface area contributed by atoms with Crippen LogP contribution in [0.5, 0.6) is 0 Å². The molecular formula is C3H9AsSi. The Labute approximate surface area is 42.9 Å². The molecule has 5 heavy (non-hydrogen) atoms. The molecule has 0 aliphatic rings. The summed E-state index contributed by atoms with van der Waals surface area (Å²) >= 11 is 2.72. The summed E-state index contributed by atoms with van der Waals surface area (Å²) in [5.41, 5.74) is 0. The fourth-order valence-corrected chi connectivity index (χ4v) is 0. The van der Waals surface area contributed by atoms with Gasteiger partial charge >= 0.3 is 42.4 Å². The van der Waals surface area contributed by atoms with Gasteiger partial charge in [-0.3, -0.25) is 0 Å². The molecule has 0 fully saturated rings. The van der Waals surface area contributed by atoms with Crippen molar-refractivity contribution in [1.29, 1.82) is 0 Å². The van der Waals surface area contributed by atoms with Crippen molar-refractivity contribution in [3.8, 4) is 0 Å². The van der Waals surface area contributed by atoms with E-state index in [9.17, 15) is 0 Å². The normalized spacial score (nSPS) is 12.0. The molecular weight excluding hydrogens is 139 g/mol. The van der Waals surface area contributed by atoms with E-state index in [2.05, 4.69) is 35.8 Å². The summed E-state index contributed by atoms with van der Waals surface area (Å²) in [5.74, 6) is 0. The van der Waals surface area contributed by atoms with Gasteiger partial charge < -0.3 is 0 Å². The first-order valence-corrected chi connectivity index (χ1v) is 7.99. The predicted molar refractivity (Wildman–Crippen MR) is 29.1 cm³/mol. The molecule has 0 saturated carbocycles. The third-order valence-electron chi connectivity index (χ3n) is 0. The van der Waals surface area contributed by atoms with Crippen LogP contribution in [0.4, 0.5) is 0 Å². The van der Waals surface area contributed by atoms with Crippen molar-refractivity contribution >= 4 is 22.7 Å². The Morgan fingerprint density at radius 3 is 1.20 bits per heavy atom. The third kappa shape index (κ3) is 61.2. The van der Waals surface area contributed by atoms with E-state index in [1.54, 1.807) is 0 Å². The van der Waals surface area contributed by atoms with Gasteiger partial charge in [0.15, 0.2) is 0 Å². The Bertz CT molecular complexity index is 22.4. The van der Waals surface area contributed by atoms with Gasteiger partial charge in [0.2, 0.25) is 0 Å². The van der Waals surface area contributed by atoms with Crippen LogP contribution in [-0.4, -0.2) is 22.7 Å². The Hall–Kier alpha value is 0.775. The maximum absolute atomic E-state index is 2.72. The predicted octanol–water partition coefficient (Wildman–Crippen LogP) is 0.990. The van der Waals surface area contributed by atoms with Gasteiger partial charge in [0, 0.05) is 0 Å². The summed E-state index contributed by atoms with van der Waals surface area (Å²) in [4.78, 5) is 0. The molecule has 0 aromatic heterocycles. The molecule has 0 atom stereocenters. The molecule has 0 unspecified atom stereocenters. The molecule has 0 spiro atoms. The van der Waals surface area contributed by atoms with Crippen LogP contribution in [0.25, 0.3) is 0 Å². The van der Waals surface area contributed by atoms with Crippen LogP contribution in [-0.2, 0) is 0 Å². The molecule has 0 heterocycles. The van der Waals surface area contributed by atoms with Gasteiger partial charge in [0.1, 0.15) is 0 Å². The summed E-state index contributed by atoms with van der Waals surface area (Å²) in [6, 6.07) is 0. The average molecular weight is 148 g/mol. The van der Waals surface area contributed by atoms with Crippen LogP contribution >= 0.6 is 0 Å². The summed E-state index contributed by atoms with van der Waals surface area (Å²) in [6.07, 6.45) is 0. The van der Waals surface area contributed by atoms with Gasteiger partial charge in [-0.05, 0) is 0 Å². The number of hydrogen-bond donors (Lipinski definition) is 0. The van der Waals surface area contributed by atoms with Crippen molar-refractivity contribution in [3.63, 3.8) is 0 Å². The fourth-order valence-electron chi connectivity index (χ4n) is 0. The van der Waals surface area contributed by atoms with E-state index in [0.29, 0.717) is 0 Å². The number of hydrogen-bond acceptors (Lipinski definition) is 0. The average Bonchev–Trinajstić information content (AvgIpc) is 0.722. The van der Waals surface area contributed by atoms with Gasteiger partial charge in [0.25, 0.3) is 0 Å². The van der Waals surface area contributed by atoms with E-state index >= 15 is 0 Å². The maximum atomic E-state index is 2.72. The van der Waals surface area contributed by atoms with Crippen molar-refractivity contribution in [2.45, 2.75) is 19.6 Å². The molecule has 0 amide bonds. The van der Waals surface area contributed by atoms with Crippen molar-refractivity contribution in [2.75, 3.05) is 0 Å². The van der Waals surface area contributed by atoms with E-state index in [1.165, 1.54) is 0 Å². The second kappa shape index (κ2) is 1.48. The summed E-state index contributed by atoms with van der Waals surface area (Å²) < 4.78 is 0. The van der Waals surface area contributed by atoms with E-state index in [-0.39, 0.29) is 0 Å². The van der Waals surface area contributed by atoms with Crippen LogP contribution in [0.15, 0.2) is 0 Å². The molecule has 0 bridgehead atoms. The van der Waals surface area contributed by atoms with E-state index in [0.717, 1.165) is 0 Å². The Morgan fingerprint density at radius 2 is 1.20 bits per heavy atom. The molecule has 2 heteroatoms. The Balaban J connectivity index is 3.02. The number of rotatable bonds is 0. The summed E-state index contributed by atoms with van der Waals surface area (Å²) in [5, 5.41) is 0. The molecule has 0 aromatic carbocycles. The molecule has 30 valence electrons. The van der Waals surface area contributed by atoms with Crippen LogP contribution < -0.4 is 0 Å². The zero-order valence-corrected chi connectivity index (χ0v) is 6.82. The van der Waals surface area contributed by atoms with Gasteiger partial charge in [-0.1, -0.05) is 0 Å². The van der Waals surface area contributed by atoms with Gasteiger partial charge in [-0.15, -0.1) is 0 Å². The first kappa shape index (κ1) is 5.78. The van der Waals surface area contributed by atoms with Crippen molar-refractivity contribution in [1.82, 2.24) is 0 Å². The van der Waals surface area contributed by atoms with E-state index in [4.69, 9.17) is 0 Å². The van der Waals surface area contributed by atoms with Crippen molar-refractivity contribution < 1.29 is 0 Å². The van der Waals surface area contributed by atoms with Crippen molar-refractivity contribution in [3.05, 3.63) is 0 Å². The van der Waals surface area contributed by atoms with Crippen LogP contribution in [0, 0.1) is 0 Å². The Morgan fingerprint density at radius 1 is 1.20 bits per heavy atom. The molecule has 0 aliphatic carbocycles. The van der Waals surface area contributed by atoms with Crippen LogP contribution in [0.2, 0.25) is 19.6 Å². The minimum atomic E-state index is -0.674. The van der Waals surface area contributed by atoms with Crippen LogP contribution in [0.3, 0.4) is 0 Å². The molecule has 0 aliphatic heterocycles. The molecule has 0 N–H and O–H groups in total. The zero-order valence-electron chi connectivity index (χ0n) is 3.95. The second-order valence-electron chi connectivity index (χ2n) is 2.17. The second-order valence-corrected chi connectivity index (χ2v) is 15.0. The molecule has 0 saturated heterocycles. The van der Waals surface area contributed by atoms with Gasteiger partial charge in [-0.25, -0.2) is 0 Å². The first-order valence-electron chi connectivity index (χ1n) is 1.72. The van der Waals surface area contributed by atoms with Crippen molar-refractivity contribution in [2.24, 2.45) is 0 Å². The molecule has 0 aromatic rings.